The molecule has 1 unspecified atom stereocenters. The Hall–Kier alpha value is -1.26. The third kappa shape index (κ3) is 2.46. The molecule has 4 nitrogen and oxygen atoms in total. The maximum Gasteiger partial charge on any atom is 0.161 e. The van der Waals surface area contributed by atoms with Crippen LogP contribution in [-0.4, -0.2) is 43.9 Å². The van der Waals surface area contributed by atoms with Crippen LogP contribution < -0.4 is 9.47 Å². The quantitative estimate of drug-likeness (QED) is 0.831. The minimum atomic E-state index is -0.495. The van der Waals surface area contributed by atoms with E-state index >= 15 is 0 Å². The summed E-state index contributed by atoms with van der Waals surface area (Å²) >= 11 is 0. The molecule has 16 heavy (non-hydrogen) atoms. The molecule has 0 bridgehead atoms. The Balaban J connectivity index is 2.16. The van der Waals surface area contributed by atoms with Gasteiger partial charge in [-0.25, -0.2) is 0 Å². The summed E-state index contributed by atoms with van der Waals surface area (Å²) in [6.07, 6.45) is -0.495. The van der Waals surface area contributed by atoms with Gasteiger partial charge in [0.05, 0.1) is 6.10 Å². The van der Waals surface area contributed by atoms with Gasteiger partial charge < -0.3 is 19.5 Å². The molecule has 1 aliphatic heterocycles. The van der Waals surface area contributed by atoms with E-state index in [-0.39, 0.29) is 0 Å². The highest BCUT2D eigenvalue weighted by Gasteiger charge is 2.15. The summed E-state index contributed by atoms with van der Waals surface area (Å²) in [5.41, 5.74) is 0.859. The Labute approximate surface area is 95.4 Å². The van der Waals surface area contributed by atoms with Crippen LogP contribution in [-0.2, 0) is 0 Å². The summed E-state index contributed by atoms with van der Waals surface area (Å²) < 4.78 is 10.9. The number of ether oxygens (including phenoxy) is 2. The van der Waals surface area contributed by atoms with Crippen LogP contribution in [0.2, 0.25) is 0 Å². The van der Waals surface area contributed by atoms with E-state index in [1.54, 1.807) is 0 Å². The van der Waals surface area contributed by atoms with Crippen molar-refractivity contribution in [2.24, 2.45) is 0 Å². The number of aliphatic hydroxyl groups is 1. The first kappa shape index (κ1) is 11.2. The van der Waals surface area contributed by atoms with Crippen LogP contribution in [0.3, 0.4) is 0 Å². The first-order valence-corrected chi connectivity index (χ1v) is 5.39. The van der Waals surface area contributed by atoms with Crippen molar-refractivity contribution in [3.63, 3.8) is 0 Å². The number of hydrogen-bond acceptors (Lipinski definition) is 4. The number of rotatable bonds is 3. The maximum atomic E-state index is 9.95. The van der Waals surface area contributed by atoms with Crippen LogP contribution in [0.5, 0.6) is 11.5 Å². The Morgan fingerprint density at radius 3 is 2.62 bits per heavy atom. The fraction of sp³-hybridized carbons (Fsp3) is 0.500. The minimum Gasteiger partial charge on any atom is -0.486 e. The van der Waals surface area contributed by atoms with Gasteiger partial charge in [-0.2, -0.15) is 0 Å². The van der Waals surface area contributed by atoms with Crippen molar-refractivity contribution < 1.29 is 14.6 Å². The molecule has 1 atom stereocenters. The number of fused-ring (bicyclic) bond motifs is 1. The predicted molar refractivity (Wildman–Crippen MR) is 60.9 cm³/mol. The van der Waals surface area contributed by atoms with Crippen molar-refractivity contribution in [1.82, 2.24) is 4.90 Å². The molecular formula is C12H17NO3. The van der Waals surface area contributed by atoms with Gasteiger partial charge in [-0.05, 0) is 31.8 Å². The molecule has 4 heteroatoms. The fourth-order valence-corrected chi connectivity index (χ4v) is 1.72. The third-order valence-corrected chi connectivity index (χ3v) is 2.49. The van der Waals surface area contributed by atoms with Crippen molar-refractivity contribution in [2.75, 3.05) is 33.9 Å². The SMILES string of the molecule is CN(C)CC(O)c1ccc2c(c1)OCCO2. The normalized spacial score (nSPS) is 16.2. The lowest BCUT2D eigenvalue weighted by molar-refractivity contribution is 0.136. The number of benzene rings is 1. The number of likely N-dealkylation sites (N-methyl/N-ethyl adjacent to an activating group) is 1. The van der Waals surface area contributed by atoms with Crippen LogP contribution >= 0.6 is 0 Å². The summed E-state index contributed by atoms with van der Waals surface area (Å²) in [6, 6.07) is 5.58. The van der Waals surface area contributed by atoms with Crippen molar-refractivity contribution in [3.8, 4) is 11.5 Å². The molecule has 1 N–H and O–H groups in total. The molecular weight excluding hydrogens is 206 g/mol. The molecule has 0 aliphatic carbocycles. The van der Waals surface area contributed by atoms with Gasteiger partial charge in [-0.15, -0.1) is 0 Å². The molecule has 0 radical (unpaired) electrons. The Bertz CT molecular complexity index is 365. The number of nitrogens with zero attached hydrogens (tertiary/aromatic N) is 1. The lowest BCUT2D eigenvalue weighted by Gasteiger charge is -2.21. The summed E-state index contributed by atoms with van der Waals surface area (Å²) in [5.74, 6) is 1.48. The highest BCUT2D eigenvalue weighted by atomic mass is 16.6. The second kappa shape index (κ2) is 4.72. The van der Waals surface area contributed by atoms with Crippen LogP contribution in [0.25, 0.3) is 0 Å². The van der Waals surface area contributed by atoms with E-state index in [0.29, 0.717) is 19.8 Å². The molecule has 2 rings (SSSR count). The Morgan fingerprint density at radius 2 is 1.94 bits per heavy atom. The Kier molecular flexibility index (Phi) is 3.31. The van der Waals surface area contributed by atoms with E-state index < -0.39 is 6.10 Å². The number of aliphatic hydroxyl groups excluding tert-OH is 1. The molecule has 0 amide bonds. The van der Waals surface area contributed by atoms with Crippen LogP contribution in [0.4, 0.5) is 0 Å². The molecule has 0 fully saturated rings. The summed E-state index contributed by atoms with van der Waals surface area (Å²) in [7, 11) is 3.86. The lowest BCUT2D eigenvalue weighted by atomic mass is 10.1. The van der Waals surface area contributed by atoms with E-state index in [2.05, 4.69) is 0 Å². The molecule has 1 aromatic carbocycles. The van der Waals surface area contributed by atoms with Crippen LogP contribution in [0, 0.1) is 0 Å². The lowest BCUT2D eigenvalue weighted by Crippen LogP contribution is -2.20. The van der Waals surface area contributed by atoms with Gasteiger partial charge in [0.2, 0.25) is 0 Å². The molecule has 0 aromatic heterocycles. The molecule has 1 aliphatic rings. The van der Waals surface area contributed by atoms with Crippen molar-refractivity contribution >= 4 is 0 Å². The molecule has 88 valence electrons. The highest BCUT2D eigenvalue weighted by Crippen LogP contribution is 2.32. The second-order valence-corrected chi connectivity index (χ2v) is 4.18. The van der Waals surface area contributed by atoms with E-state index in [1.165, 1.54) is 0 Å². The zero-order valence-electron chi connectivity index (χ0n) is 9.64. The average molecular weight is 223 g/mol. The predicted octanol–water partition coefficient (Wildman–Crippen LogP) is 1.05. The topological polar surface area (TPSA) is 41.9 Å². The van der Waals surface area contributed by atoms with Crippen LogP contribution in [0.1, 0.15) is 11.7 Å². The first-order chi connectivity index (χ1) is 7.66. The standard InChI is InChI=1S/C12H17NO3/c1-13(2)8-10(14)9-3-4-11-12(7-9)16-6-5-15-11/h3-4,7,10,14H,5-6,8H2,1-2H3. The maximum absolute atomic E-state index is 9.95. The highest BCUT2D eigenvalue weighted by molar-refractivity contribution is 5.44. The van der Waals surface area contributed by atoms with Gasteiger partial charge in [-0.3, -0.25) is 0 Å². The van der Waals surface area contributed by atoms with Crippen molar-refractivity contribution in [2.45, 2.75) is 6.10 Å². The van der Waals surface area contributed by atoms with Gasteiger partial charge in [0.15, 0.2) is 11.5 Å². The summed E-state index contributed by atoms with van der Waals surface area (Å²) in [4.78, 5) is 1.95. The smallest absolute Gasteiger partial charge is 0.161 e. The first-order valence-electron chi connectivity index (χ1n) is 5.39. The Morgan fingerprint density at radius 1 is 1.25 bits per heavy atom. The van der Waals surface area contributed by atoms with Gasteiger partial charge in [0, 0.05) is 6.54 Å². The monoisotopic (exact) mass is 223 g/mol. The van der Waals surface area contributed by atoms with Crippen LogP contribution in [0.15, 0.2) is 18.2 Å². The fourth-order valence-electron chi connectivity index (χ4n) is 1.72. The van der Waals surface area contributed by atoms with Gasteiger partial charge in [-0.1, -0.05) is 6.07 Å². The average Bonchev–Trinajstić information content (AvgIpc) is 2.27. The van der Waals surface area contributed by atoms with Crippen molar-refractivity contribution in [1.29, 1.82) is 0 Å². The minimum absolute atomic E-state index is 0.495. The van der Waals surface area contributed by atoms with Crippen molar-refractivity contribution in [3.05, 3.63) is 23.8 Å². The zero-order chi connectivity index (χ0) is 11.5. The molecule has 1 aromatic rings. The second-order valence-electron chi connectivity index (χ2n) is 4.18. The molecule has 0 saturated heterocycles. The molecule has 0 spiro atoms. The van der Waals surface area contributed by atoms with Gasteiger partial charge in [0.25, 0.3) is 0 Å². The van der Waals surface area contributed by atoms with E-state index in [0.717, 1.165) is 17.1 Å². The number of hydrogen-bond donors (Lipinski definition) is 1. The summed E-state index contributed by atoms with van der Waals surface area (Å²) in [6.45, 7) is 1.76. The zero-order valence-corrected chi connectivity index (χ0v) is 9.64. The van der Waals surface area contributed by atoms with Gasteiger partial charge in [0.1, 0.15) is 13.2 Å². The third-order valence-electron chi connectivity index (χ3n) is 2.49. The van der Waals surface area contributed by atoms with E-state index in [9.17, 15) is 5.11 Å². The van der Waals surface area contributed by atoms with Gasteiger partial charge >= 0.3 is 0 Å². The van der Waals surface area contributed by atoms with E-state index in [4.69, 9.17) is 9.47 Å². The summed E-state index contributed by atoms with van der Waals surface area (Å²) in [5, 5.41) is 9.95. The van der Waals surface area contributed by atoms with E-state index in [1.807, 2.05) is 37.2 Å². The molecule has 1 heterocycles. The largest absolute Gasteiger partial charge is 0.486 e. The molecule has 0 saturated carbocycles.